The molecule has 138 valence electrons. The summed E-state index contributed by atoms with van der Waals surface area (Å²) in [4.78, 5) is 35.2. The molecule has 0 radical (unpaired) electrons. The van der Waals surface area contributed by atoms with Crippen LogP contribution >= 0.6 is 23.4 Å². The molecule has 0 fully saturated rings. The van der Waals surface area contributed by atoms with Crippen molar-refractivity contribution >= 4 is 40.9 Å². The molecule has 0 unspecified atom stereocenters. The topological polar surface area (TPSA) is 116 Å². The lowest BCUT2D eigenvalue weighted by Gasteiger charge is -2.06. The number of carboxylic acid groups (broad SMARTS) is 1. The van der Waals surface area contributed by atoms with Crippen LogP contribution in [0, 0.1) is 0 Å². The van der Waals surface area contributed by atoms with E-state index in [4.69, 9.17) is 21.2 Å². The minimum Gasteiger partial charge on any atom is -0.478 e. The number of para-hydroxylation sites is 1. The molecule has 3 N–H and O–H groups in total. The molecule has 0 atom stereocenters. The van der Waals surface area contributed by atoms with Gasteiger partial charge in [-0.25, -0.2) is 9.59 Å². The van der Waals surface area contributed by atoms with Crippen LogP contribution in [-0.4, -0.2) is 28.0 Å². The van der Waals surface area contributed by atoms with E-state index in [0.29, 0.717) is 11.4 Å². The normalized spacial score (nSPS) is 10.6. The third-order valence-corrected chi connectivity index (χ3v) is 4.80. The van der Waals surface area contributed by atoms with Crippen LogP contribution in [0.1, 0.15) is 10.4 Å². The maximum atomic E-state index is 12.2. The fraction of sp³-hybridized carbons (Fsp3) is 0.0588. The number of nitrogens with zero attached hydrogens (tertiary/aromatic N) is 1. The maximum absolute atomic E-state index is 12.2. The average Bonchev–Trinajstić information content (AvgIpc) is 3.02. The third-order valence-electron chi connectivity index (χ3n) is 3.44. The number of hydrogen-bond donors (Lipinski definition) is 3. The number of anilines is 1. The first-order valence-electron chi connectivity index (χ1n) is 7.60. The van der Waals surface area contributed by atoms with Crippen LogP contribution in [0.15, 0.2) is 62.9 Å². The van der Waals surface area contributed by atoms with E-state index in [1.165, 1.54) is 22.9 Å². The van der Waals surface area contributed by atoms with Gasteiger partial charge < -0.3 is 10.4 Å². The molecule has 0 aliphatic carbocycles. The molecule has 3 aromatic rings. The molecule has 0 spiro atoms. The number of hydrogen-bond acceptors (Lipinski definition) is 5. The van der Waals surface area contributed by atoms with Gasteiger partial charge in [-0.1, -0.05) is 29.8 Å². The van der Waals surface area contributed by atoms with Gasteiger partial charge in [-0.15, -0.1) is 0 Å². The number of carbonyl (C=O) groups excluding carboxylic acids is 1. The van der Waals surface area contributed by atoms with Crippen molar-refractivity contribution in [1.82, 2.24) is 5.27 Å². The number of carboxylic acids is 1. The van der Waals surface area contributed by atoms with E-state index >= 15 is 0 Å². The molecule has 0 aliphatic heterocycles. The summed E-state index contributed by atoms with van der Waals surface area (Å²) in [5, 5.41) is 14.4. The monoisotopic (exact) mass is 406 g/mol. The molecule has 0 saturated heterocycles. The van der Waals surface area contributed by atoms with Crippen LogP contribution in [0.2, 0.25) is 5.02 Å². The smallest absolute Gasteiger partial charge is 0.442 e. The van der Waals surface area contributed by atoms with E-state index in [2.05, 4.69) is 10.6 Å². The van der Waals surface area contributed by atoms with Crippen molar-refractivity contribution < 1.29 is 23.9 Å². The highest BCUT2D eigenvalue weighted by Crippen LogP contribution is 2.21. The average molecular weight is 407 g/mol. The highest BCUT2D eigenvalue weighted by Gasteiger charge is 2.24. The number of rotatable bonds is 6. The van der Waals surface area contributed by atoms with Crippen molar-refractivity contribution in [3.8, 4) is 5.69 Å². The highest BCUT2D eigenvalue weighted by molar-refractivity contribution is 7.99. The lowest BCUT2D eigenvalue weighted by Crippen LogP contribution is -2.36. The maximum Gasteiger partial charge on any atom is 0.442 e. The molecule has 1 heterocycles. The van der Waals surface area contributed by atoms with Gasteiger partial charge in [-0.05, 0) is 39.9 Å². The number of carbonyl (C=O) groups is 2. The Bertz CT molecular complexity index is 1050. The number of nitrogens with one attached hydrogen (secondary N) is 2. The Balaban J connectivity index is 1.71. The van der Waals surface area contributed by atoms with Crippen LogP contribution in [0.5, 0.6) is 0 Å². The second-order valence-corrected chi connectivity index (χ2v) is 6.66. The summed E-state index contributed by atoms with van der Waals surface area (Å²) in [5.41, 5.74) is 0.251. The van der Waals surface area contributed by atoms with E-state index in [1.807, 2.05) is 6.07 Å². The van der Waals surface area contributed by atoms with Crippen molar-refractivity contribution in [2.45, 2.75) is 5.03 Å². The third kappa shape index (κ3) is 4.39. The Kier molecular flexibility index (Phi) is 5.63. The summed E-state index contributed by atoms with van der Waals surface area (Å²) in [6.07, 6.45) is 0. The van der Waals surface area contributed by atoms with E-state index in [1.54, 1.807) is 24.3 Å². The molecule has 0 saturated carbocycles. The predicted molar refractivity (Wildman–Crippen MR) is 98.6 cm³/mol. The lowest BCUT2D eigenvalue weighted by atomic mass is 10.2. The van der Waals surface area contributed by atoms with Crippen LogP contribution in [0.25, 0.3) is 5.69 Å². The molecule has 1 amide bonds. The number of aromatic nitrogens is 2. The quantitative estimate of drug-likeness (QED) is 0.427. The summed E-state index contributed by atoms with van der Waals surface area (Å²) >= 11 is 6.79. The number of aromatic amines is 1. The Hall–Kier alpha value is -3.04. The number of thioether (sulfide) groups is 1. The van der Waals surface area contributed by atoms with Gasteiger partial charge in [-0.3, -0.25) is 9.32 Å². The summed E-state index contributed by atoms with van der Waals surface area (Å²) in [5.74, 6) is -1.70. The Morgan fingerprint density at radius 1 is 1.22 bits per heavy atom. The zero-order valence-electron chi connectivity index (χ0n) is 13.6. The summed E-state index contributed by atoms with van der Waals surface area (Å²) in [6.45, 7) is 0. The van der Waals surface area contributed by atoms with E-state index in [0.717, 1.165) is 11.8 Å². The van der Waals surface area contributed by atoms with Gasteiger partial charge in [0, 0.05) is 17.8 Å². The number of aromatic carboxylic acids is 1. The van der Waals surface area contributed by atoms with Crippen molar-refractivity contribution in [3.05, 3.63) is 69.5 Å². The van der Waals surface area contributed by atoms with E-state index < -0.39 is 17.5 Å². The fourth-order valence-corrected chi connectivity index (χ4v) is 3.20. The summed E-state index contributed by atoms with van der Waals surface area (Å²) in [7, 11) is 0. The van der Waals surface area contributed by atoms with Gasteiger partial charge in [0.1, 0.15) is 0 Å². The predicted octanol–water partition coefficient (Wildman–Crippen LogP) is 2.33. The van der Waals surface area contributed by atoms with Gasteiger partial charge in [0.25, 0.3) is 0 Å². The van der Waals surface area contributed by atoms with Gasteiger partial charge in [-0.2, -0.15) is 0 Å². The standard InChI is InChI=1S/C17H12ClN3O5S/c18-13-7-6-10(8-12(13)16(23)24)19-14(22)9-27-15-17(25)26-20-21(15)11-4-2-1-3-5-11/h1-8H,9H2,(H2-,19,20,22,23,24,25)/p+1. The second-order valence-electron chi connectivity index (χ2n) is 5.29. The number of amides is 1. The minimum absolute atomic E-state index is 0.0729. The molecule has 27 heavy (non-hydrogen) atoms. The first-order chi connectivity index (χ1) is 13.0. The van der Waals surface area contributed by atoms with Gasteiger partial charge >= 0.3 is 16.6 Å². The van der Waals surface area contributed by atoms with Crippen LogP contribution in [-0.2, 0) is 4.79 Å². The number of benzene rings is 2. The molecule has 8 nitrogen and oxygen atoms in total. The van der Waals surface area contributed by atoms with Crippen molar-refractivity contribution in [1.29, 1.82) is 0 Å². The largest absolute Gasteiger partial charge is 0.478 e. The van der Waals surface area contributed by atoms with Crippen molar-refractivity contribution in [3.63, 3.8) is 0 Å². The summed E-state index contributed by atoms with van der Waals surface area (Å²) in [6, 6.07) is 13.1. The molecule has 3 rings (SSSR count). The Labute approximate surface area is 161 Å². The van der Waals surface area contributed by atoms with Crippen LogP contribution in [0.4, 0.5) is 5.69 Å². The number of halogens is 1. The molecule has 0 bridgehead atoms. The first-order valence-corrected chi connectivity index (χ1v) is 8.96. The minimum atomic E-state index is -1.20. The number of H-pyrrole nitrogens is 1. The Morgan fingerprint density at radius 2 is 1.96 bits per heavy atom. The van der Waals surface area contributed by atoms with E-state index in [-0.39, 0.29) is 21.4 Å². The first kappa shape index (κ1) is 18.7. The molecular weight excluding hydrogens is 394 g/mol. The van der Waals surface area contributed by atoms with Crippen LogP contribution < -0.4 is 15.6 Å². The van der Waals surface area contributed by atoms with Gasteiger partial charge in [0.15, 0.2) is 0 Å². The van der Waals surface area contributed by atoms with Gasteiger partial charge in [0.2, 0.25) is 11.6 Å². The molecule has 1 aromatic heterocycles. The zero-order valence-corrected chi connectivity index (χ0v) is 15.2. The molecule has 2 aromatic carbocycles. The SMILES string of the molecule is O=C(CSc1c(=O)o[nH][n+]1-c1ccccc1)Nc1ccc(Cl)c(C(=O)O)c1. The molecule has 10 heteroatoms. The van der Waals surface area contributed by atoms with Gasteiger partial charge in [0.05, 0.1) is 16.3 Å². The second kappa shape index (κ2) is 8.11. The van der Waals surface area contributed by atoms with E-state index in [9.17, 15) is 14.4 Å². The van der Waals surface area contributed by atoms with Crippen molar-refractivity contribution in [2.75, 3.05) is 11.1 Å². The fourth-order valence-electron chi connectivity index (χ4n) is 2.23. The molecular formula is C17H13ClN3O5S+. The Morgan fingerprint density at radius 3 is 2.67 bits per heavy atom. The highest BCUT2D eigenvalue weighted by atomic mass is 35.5. The summed E-state index contributed by atoms with van der Waals surface area (Å²) < 4.78 is 6.24. The molecule has 0 aliphatic rings. The van der Waals surface area contributed by atoms with Crippen molar-refractivity contribution in [2.24, 2.45) is 0 Å². The van der Waals surface area contributed by atoms with Crippen LogP contribution in [0.3, 0.4) is 0 Å². The lowest BCUT2D eigenvalue weighted by molar-refractivity contribution is -0.704. The zero-order chi connectivity index (χ0) is 19.4.